The van der Waals surface area contributed by atoms with Crippen molar-refractivity contribution in [2.45, 2.75) is 17.3 Å². The van der Waals surface area contributed by atoms with Crippen LogP contribution in [-0.4, -0.2) is 25.5 Å². The summed E-state index contributed by atoms with van der Waals surface area (Å²) in [6, 6.07) is 8.03. The van der Waals surface area contributed by atoms with E-state index in [1.807, 2.05) is 6.07 Å². The van der Waals surface area contributed by atoms with E-state index in [4.69, 9.17) is 15.6 Å². The third-order valence-corrected chi connectivity index (χ3v) is 5.28. The van der Waals surface area contributed by atoms with Gasteiger partial charge in [-0.1, -0.05) is 18.2 Å². The van der Waals surface area contributed by atoms with Crippen LogP contribution >= 0.6 is 0 Å². The molecule has 7 nitrogen and oxygen atoms in total. The fourth-order valence-corrected chi connectivity index (χ4v) is 3.87. The summed E-state index contributed by atoms with van der Waals surface area (Å²) in [6.45, 7) is 0.296. The minimum atomic E-state index is -3.77. The van der Waals surface area contributed by atoms with E-state index in [2.05, 4.69) is 4.98 Å². The second kappa shape index (κ2) is 5.66. The SMILES string of the molecule is N#Cc1cc(N)ncc1S(=O)(=O)Cc1ccc2c(c1)B(O)OC2. The molecule has 0 aliphatic carbocycles. The molecule has 2 heterocycles. The molecule has 9 heteroatoms. The maximum Gasteiger partial charge on any atom is 0.491 e. The highest BCUT2D eigenvalue weighted by Gasteiger charge is 2.28. The molecule has 0 saturated carbocycles. The van der Waals surface area contributed by atoms with Crippen molar-refractivity contribution in [3.8, 4) is 6.07 Å². The molecule has 0 unspecified atom stereocenters. The molecular weight excluding hydrogens is 317 g/mol. The molecule has 3 N–H and O–H groups in total. The van der Waals surface area contributed by atoms with Gasteiger partial charge >= 0.3 is 7.12 Å². The third-order valence-electron chi connectivity index (χ3n) is 3.57. The standard InChI is InChI=1S/C14H12BN3O4S/c16-5-11-4-14(17)18-6-13(11)23(20,21)8-9-1-2-10-7-22-15(19)12(10)3-9/h1-4,6,19H,7-8H2,(H2,17,18). The van der Waals surface area contributed by atoms with E-state index in [1.165, 1.54) is 6.07 Å². The van der Waals surface area contributed by atoms with Gasteiger partial charge in [-0.15, -0.1) is 0 Å². The first-order valence-corrected chi connectivity index (χ1v) is 8.35. The highest BCUT2D eigenvalue weighted by atomic mass is 32.2. The van der Waals surface area contributed by atoms with Gasteiger partial charge in [-0.05, 0) is 22.7 Å². The van der Waals surface area contributed by atoms with Crippen LogP contribution in [0.25, 0.3) is 0 Å². The van der Waals surface area contributed by atoms with E-state index in [-0.39, 0.29) is 22.0 Å². The van der Waals surface area contributed by atoms with E-state index in [0.29, 0.717) is 17.6 Å². The van der Waals surface area contributed by atoms with E-state index < -0.39 is 17.0 Å². The smallest absolute Gasteiger partial charge is 0.423 e. The quantitative estimate of drug-likeness (QED) is 0.742. The van der Waals surface area contributed by atoms with E-state index >= 15 is 0 Å². The van der Waals surface area contributed by atoms with Gasteiger partial charge in [-0.25, -0.2) is 13.4 Å². The zero-order chi connectivity index (χ0) is 16.6. The van der Waals surface area contributed by atoms with Crippen LogP contribution < -0.4 is 11.2 Å². The molecule has 0 fully saturated rings. The first kappa shape index (κ1) is 15.5. The lowest BCUT2D eigenvalue weighted by atomic mass is 9.79. The van der Waals surface area contributed by atoms with Gasteiger partial charge in [0.15, 0.2) is 9.84 Å². The summed E-state index contributed by atoms with van der Waals surface area (Å²) >= 11 is 0. The zero-order valence-electron chi connectivity index (χ0n) is 11.9. The van der Waals surface area contributed by atoms with Gasteiger partial charge in [-0.2, -0.15) is 5.26 Å². The molecular formula is C14H12BN3O4S. The van der Waals surface area contributed by atoms with Crippen molar-refractivity contribution in [3.63, 3.8) is 0 Å². The van der Waals surface area contributed by atoms with Crippen molar-refractivity contribution >= 4 is 28.2 Å². The lowest BCUT2D eigenvalue weighted by Crippen LogP contribution is -2.28. The van der Waals surface area contributed by atoms with Crippen LogP contribution in [0.1, 0.15) is 16.7 Å². The topological polar surface area (TPSA) is 126 Å². The normalized spacial score (nSPS) is 13.7. The van der Waals surface area contributed by atoms with Gasteiger partial charge in [0.05, 0.1) is 17.9 Å². The lowest BCUT2D eigenvalue weighted by molar-refractivity contribution is 0.275. The van der Waals surface area contributed by atoms with E-state index in [1.54, 1.807) is 18.2 Å². The summed E-state index contributed by atoms with van der Waals surface area (Å²) in [7, 11) is -4.81. The average molecular weight is 329 g/mol. The first-order chi connectivity index (χ1) is 10.9. The molecule has 0 radical (unpaired) electrons. The van der Waals surface area contributed by atoms with Crippen molar-refractivity contribution in [2.24, 2.45) is 0 Å². The third kappa shape index (κ3) is 2.92. The fourth-order valence-electron chi connectivity index (χ4n) is 2.45. The maximum atomic E-state index is 12.5. The van der Waals surface area contributed by atoms with Gasteiger partial charge in [-0.3, -0.25) is 0 Å². The number of nitrogen functional groups attached to an aromatic ring is 1. The minimum absolute atomic E-state index is 0.0398. The predicted molar refractivity (Wildman–Crippen MR) is 83.1 cm³/mol. The first-order valence-electron chi connectivity index (χ1n) is 6.70. The molecule has 1 aromatic heterocycles. The molecule has 0 saturated heterocycles. The summed E-state index contributed by atoms with van der Waals surface area (Å²) in [5.74, 6) is -0.230. The van der Waals surface area contributed by atoms with Crippen molar-refractivity contribution < 1.29 is 18.1 Å². The number of nitriles is 1. The van der Waals surface area contributed by atoms with Crippen molar-refractivity contribution in [1.29, 1.82) is 5.26 Å². The summed E-state index contributed by atoms with van der Waals surface area (Å²) < 4.78 is 30.2. The number of sulfone groups is 1. The number of aromatic nitrogens is 1. The largest absolute Gasteiger partial charge is 0.491 e. The summed E-state index contributed by atoms with van der Waals surface area (Å²) in [4.78, 5) is 3.59. The molecule has 116 valence electrons. The Morgan fingerprint density at radius 2 is 2.22 bits per heavy atom. The molecule has 0 bridgehead atoms. The molecule has 1 aliphatic rings. The number of fused-ring (bicyclic) bond motifs is 1. The molecule has 3 rings (SSSR count). The van der Waals surface area contributed by atoms with Crippen LogP contribution in [0.2, 0.25) is 0 Å². The molecule has 0 atom stereocenters. The predicted octanol–water partition coefficient (Wildman–Crippen LogP) is -0.273. The van der Waals surface area contributed by atoms with Gasteiger partial charge in [0.2, 0.25) is 0 Å². The summed E-state index contributed by atoms with van der Waals surface area (Å²) in [5.41, 5.74) is 7.32. The van der Waals surface area contributed by atoms with Crippen LogP contribution in [0.15, 0.2) is 35.4 Å². The molecule has 23 heavy (non-hydrogen) atoms. The van der Waals surface area contributed by atoms with E-state index in [9.17, 15) is 13.4 Å². The molecule has 1 aromatic carbocycles. The Kier molecular flexibility index (Phi) is 3.81. The number of hydrogen-bond donors (Lipinski definition) is 2. The van der Waals surface area contributed by atoms with Gasteiger partial charge < -0.3 is 15.4 Å². The summed E-state index contributed by atoms with van der Waals surface area (Å²) in [5, 5.41) is 18.8. The monoisotopic (exact) mass is 329 g/mol. The number of anilines is 1. The Bertz CT molecular complexity index is 924. The minimum Gasteiger partial charge on any atom is -0.423 e. The maximum absolute atomic E-state index is 12.5. The Morgan fingerprint density at radius 3 is 2.96 bits per heavy atom. The molecule has 2 aromatic rings. The van der Waals surface area contributed by atoms with Gasteiger partial charge in [0.25, 0.3) is 0 Å². The van der Waals surface area contributed by atoms with Gasteiger partial charge in [0.1, 0.15) is 16.8 Å². The van der Waals surface area contributed by atoms with Crippen LogP contribution in [0.5, 0.6) is 0 Å². The lowest BCUT2D eigenvalue weighted by Gasteiger charge is -2.08. The number of nitrogens with zero attached hydrogens (tertiary/aromatic N) is 2. The van der Waals surface area contributed by atoms with Gasteiger partial charge in [0, 0.05) is 6.20 Å². The average Bonchev–Trinajstić information content (AvgIpc) is 2.87. The van der Waals surface area contributed by atoms with E-state index in [0.717, 1.165) is 11.8 Å². The second-order valence-corrected chi connectivity index (χ2v) is 7.13. The Labute approximate surface area is 133 Å². The summed E-state index contributed by atoms with van der Waals surface area (Å²) in [6.07, 6.45) is 1.09. The van der Waals surface area contributed by atoms with Crippen LogP contribution in [-0.2, 0) is 26.9 Å². The highest BCUT2D eigenvalue weighted by molar-refractivity contribution is 7.90. The van der Waals surface area contributed by atoms with Crippen LogP contribution in [0, 0.1) is 11.3 Å². The number of pyridine rings is 1. The molecule has 0 spiro atoms. The second-order valence-electron chi connectivity index (χ2n) is 5.17. The van der Waals surface area contributed by atoms with Crippen LogP contribution in [0.3, 0.4) is 0 Å². The fraction of sp³-hybridized carbons (Fsp3) is 0.143. The number of benzene rings is 1. The molecule has 0 amide bonds. The molecule has 1 aliphatic heterocycles. The zero-order valence-corrected chi connectivity index (χ0v) is 12.7. The van der Waals surface area contributed by atoms with Crippen molar-refractivity contribution in [1.82, 2.24) is 4.98 Å². The number of rotatable bonds is 3. The Hall–Kier alpha value is -2.41. The van der Waals surface area contributed by atoms with Crippen LogP contribution in [0.4, 0.5) is 5.82 Å². The Morgan fingerprint density at radius 1 is 1.43 bits per heavy atom. The van der Waals surface area contributed by atoms with Crippen molar-refractivity contribution in [3.05, 3.63) is 47.2 Å². The van der Waals surface area contributed by atoms with Crippen molar-refractivity contribution in [2.75, 3.05) is 5.73 Å². The highest BCUT2D eigenvalue weighted by Crippen LogP contribution is 2.21. The number of hydrogen-bond acceptors (Lipinski definition) is 7. The Balaban J connectivity index is 1.97. The number of nitrogens with two attached hydrogens (primary N) is 1.